The molecule has 0 aliphatic heterocycles. The van der Waals surface area contributed by atoms with Crippen LogP contribution in [0.5, 0.6) is 11.5 Å². The van der Waals surface area contributed by atoms with E-state index in [1.807, 2.05) is 18.2 Å². The SMILES string of the molecule is COc1ccc(CCNC(=O)c2cc(Cl)ccn2)cc1OC. The Balaban J connectivity index is 1.92. The van der Waals surface area contributed by atoms with E-state index in [-0.39, 0.29) is 5.91 Å². The van der Waals surface area contributed by atoms with Gasteiger partial charge in [-0.25, -0.2) is 0 Å². The number of carbonyl (C=O) groups excluding carboxylic acids is 1. The molecule has 0 aliphatic rings. The minimum Gasteiger partial charge on any atom is -0.493 e. The summed E-state index contributed by atoms with van der Waals surface area (Å²) in [6, 6.07) is 8.83. The molecule has 0 unspecified atom stereocenters. The fourth-order valence-corrected chi connectivity index (χ4v) is 2.14. The van der Waals surface area contributed by atoms with Crippen molar-refractivity contribution in [1.82, 2.24) is 10.3 Å². The molecule has 5 nitrogen and oxygen atoms in total. The molecule has 22 heavy (non-hydrogen) atoms. The number of ether oxygens (including phenoxy) is 2. The van der Waals surface area contributed by atoms with Gasteiger partial charge in [0.25, 0.3) is 5.91 Å². The first kappa shape index (κ1) is 16.1. The fourth-order valence-electron chi connectivity index (χ4n) is 1.98. The number of aromatic nitrogens is 1. The van der Waals surface area contributed by atoms with Gasteiger partial charge in [0.1, 0.15) is 5.69 Å². The second-order valence-corrected chi connectivity index (χ2v) is 4.99. The number of hydrogen-bond donors (Lipinski definition) is 1. The van der Waals surface area contributed by atoms with Crippen LogP contribution in [0.4, 0.5) is 0 Å². The maximum absolute atomic E-state index is 11.9. The van der Waals surface area contributed by atoms with Crippen LogP contribution in [0.2, 0.25) is 5.02 Å². The predicted molar refractivity (Wildman–Crippen MR) is 84.8 cm³/mol. The molecule has 1 aromatic heterocycles. The van der Waals surface area contributed by atoms with Crippen molar-refractivity contribution >= 4 is 17.5 Å². The Morgan fingerprint density at radius 1 is 1.18 bits per heavy atom. The van der Waals surface area contributed by atoms with Crippen molar-refractivity contribution in [1.29, 1.82) is 0 Å². The molecule has 1 heterocycles. The highest BCUT2D eigenvalue weighted by Gasteiger charge is 2.08. The molecule has 6 heteroatoms. The van der Waals surface area contributed by atoms with Crippen LogP contribution in [-0.4, -0.2) is 31.7 Å². The summed E-state index contributed by atoms with van der Waals surface area (Å²) in [6.07, 6.45) is 2.18. The van der Waals surface area contributed by atoms with Gasteiger partial charge in [-0.2, -0.15) is 0 Å². The molecule has 1 aromatic carbocycles. The maximum atomic E-state index is 11.9. The average molecular weight is 321 g/mol. The summed E-state index contributed by atoms with van der Waals surface area (Å²) in [5.74, 6) is 1.10. The molecule has 2 aromatic rings. The van der Waals surface area contributed by atoms with E-state index in [2.05, 4.69) is 10.3 Å². The molecular formula is C16H17ClN2O3. The van der Waals surface area contributed by atoms with Crippen LogP contribution in [0.15, 0.2) is 36.5 Å². The van der Waals surface area contributed by atoms with E-state index in [9.17, 15) is 4.79 Å². The lowest BCUT2D eigenvalue weighted by molar-refractivity contribution is 0.0949. The van der Waals surface area contributed by atoms with Crippen molar-refractivity contribution in [2.24, 2.45) is 0 Å². The quantitative estimate of drug-likeness (QED) is 0.889. The van der Waals surface area contributed by atoms with Crippen LogP contribution in [0.3, 0.4) is 0 Å². The Hall–Kier alpha value is -2.27. The van der Waals surface area contributed by atoms with E-state index in [1.165, 1.54) is 12.3 Å². The molecule has 0 saturated carbocycles. The molecule has 0 fully saturated rings. The van der Waals surface area contributed by atoms with Gasteiger partial charge >= 0.3 is 0 Å². The molecule has 0 aliphatic carbocycles. The van der Waals surface area contributed by atoms with Gasteiger partial charge < -0.3 is 14.8 Å². The van der Waals surface area contributed by atoms with E-state index in [0.717, 1.165) is 5.56 Å². The van der Waals surface area contributed by atoms with E-state index in [1.54, 1.807) is 20.3 Å². The van der Waals surface area contributed by atoms with Gasteiger partial charge in [0.15, 0.2) is 11.5 Å². The highest BCUT2D eigenvalue weighted by atomic mass is 35.5. The summed E-state index contributed by atoms with van der Waals surface area (Å²) in [5, 5.41) is 3.29. The summed E-state index contributed by atoms with van der Waals surface area (Å²) in [4.78, 5) is 15.9. The zero-order valence-electron chi connectivity index (χ0n) is 12.4. The van der Waals surface area contributed by atoms with E-state index < -0.39 is 0 Å². The topological polar surface area (TPSA) is 60.5 Å². The van der Waals surface area contributed by atoms with Crippen LogP contribution in [0, 0.1) is 0 Å². The number of halogens is 1. The highest BCUT2D eigenvalue weighted by Crippen LogP contribution is 2.27. The van der Waals surface area contributed by atoms with E-state index in [0.29, 0.717) is 35.2 Å². The van der Waals surface area contributed by atoms with Gasteiger partial charge in [-0.3, -0.25) is 9.78 Å². The number of rotatable bonds is 6. The second-order valence-electron chi connectivity index (χ2n) is 4.55. The molecular weight excluding hydrogens is 304 g/mol. The normalized spacial score (nSPS) is 10.1. The summed E-state index contributed by atoms with van der Waals surface area (Å²) >= 11 is 5.84. The number of methoxy groups -OCH3 is 2. The minimum atomic E-state index is -0.247. The van der Waals surface area contributed by atoms with Crippen molar-refractivity contribution in [3.8, 4) is 11.5 Å². The lowest BCUT2D eigenvalue weighted by Crippen LogP contribution is -2.26. The number of hydrogen-bond acceptors (Lipinski definition) is 4. The van der Waals surface area contributed by atoms with Crippen LogP contribution in [0.25, 0.3) is 0 Å². The average Bonchev–Trinajstić information content (AvgIpc) is 2.54. The monoisotopic (exact) mass is 320 g/mol. The van der Waals surface area contributed by atoms with Gasteiger partial charge in [0, 0.05) is 17.8 Å². The van der Waals surface area contributed by atoms with Gasteiger partial charge in [-0.1, -0.05) is 17.7 Å². The van der Waals surface area contributed by atoms with Crippen LogP contribution < -0.4 is 14.8 Å². The number of nitrogens with zero attached hydrogens (tertiary/aromatic N) is 1. The molecule has 116 valence electrons. The second kappa shape index (κ2) is 7.66. The number of benzene rings is 1. The van der Waals surface area contributed by atoms with Gasteiger partial charge in [-0.05, 0) is 36.2 Å². The van der Waals surface area contributed by atoms with Gasteiger partial charge in [-0.15, -0.1) is 0 Å². The first-order valence-corrected chi connectivity index (χ1v) is 7.12. The third-order valence-electron chi connectivity index (χ3n) is 3.10. The summed E-state index contributed by atoms with van der Waals surface area (Å²) in [6.45, 7) is 0.489. The Morgan fingerprint density at radius 2 is 1.95 bits per heavy atom. The van der Waals surface area contributed by atoms with E-state index >= 15 is 0 Å². The van der Waals surface area contributed by atoms with Crippen molar-refractivity contribution in [2.75, 3.05) is 20.8 Å². The molecule has 0 radical (unpaired) electrons. The van der Waals surface area contributed by atoms with Crippen LogP contribution in [-0.2, 0) is 6.42 Å². The summed E-state index contributed by atoms with van der Waals surface area (Å²) in [5.41, 5.74) is 1.34. The van der Waals surface area contributed by atoms with Gasteiger partial charge in [0.2, 0.25) is 0 Å². The molecule has 2 rings (SSSR count). The zero-order valence-corrected chi connectivity index (χ0v) is 13.2. The largest absolute Gasteiger partial charge is 0.493 e. The van der Waals surface area contributed by atoms with Crippen LogP contribution in [0.1, 0.15) is 16.1 Å². The Labute approximate surface area is 134 Å². The highest BCUT2D eigenvalue weighted by molar-refractivity contribution is 6.30. The Kier molecular flexibility index (Phi) is 5.61. The molecule has 0 saturated heterocycles. The molecule has 0 spiro atoms. The summed E-state index contributed by atoms with van der Waals surface area (Å²) < 4.78 is 10.4. The third kappa shape index (κ3) is 4.11. The smallest absolute Gasteiger partial charge is 0.269 e. The van der Waals surface area contributed by atoms with Crippen molar-refractivity contribution in [2.45, 2.75) is 6.42 Å². The molecule has 1 amide bonds. The number of carbonyl (C=O) groups is 1. The zero-order chi connectivity index (χ0) is 15.9. The standard InChI is InChI=1S/C16H17ClN2O3/c1-21-14-4-3-11(9-15(14)22-2)5-7-19-16(20)13-10-12(17)6-8-18-13/h3-4,6,8-10H,5,7H2,1-2H3,(H,19,20). The number of pyridine rings is 1. The first-order chi connectivity index (χ1) is 10.6. The Bertz CT molecular complexity index is 662. The molecule has 1 N–H and O–H groups in total. The lowest BCUT2D eigenvalue weighted by Gasteiger charge is -2.10. The Morgan fingerprint density at radius 3 is 2.64 bits per heavy atom. The molecule has 0 atom stereocenters. The first-order valence-electron chi connectivity index (χ1n) is 6.74. The van der Waals surface area contributed by atoms with Crippen molar-refractivity contribution in [3.63, 3.8) is 0 Å². The van der Waals surface area contributed by atoms with Crippen LogP contribution >= 0.6 is 11.6 Å². The fraction of sp³-hybridized carbons (Fsp3) is 0.250. The molecule has 0 bridgehead atoms. The lowest BCUT2D eigenvalue weighted by atomic mass is 10.1. The van der Waals surface area contributed by atoms with Gasteiger partial charge in [0.05, 0.1) is 14.2 Å². The number of amides is 1. The van der Waals surface area contributed by atoms with Crippen molar-refractivity contribution < 1.29 is 14.3 Å². The van der Waals surface area contributed by atoms with Crippen molar-refractivity contribution in [3.05, 3.63) is 52.8 Å². The maximum Gasteiger partial charge on any atom is 0.269 e. The summed E-state index contributed by atoms with van der Waals surface area (Å²) in [7, 11) is 3.18. The third-order valence-corrected chi connectivity index (χ3v) is 3.34. The number of nitrogens with one attached hydrogen (secondary N) is 1. The van der Waals surface area contributed by atoms with E-state index in [4.69, 9.17) is 21.1 Å². The minimum absolute atomic E-state index is 0.247. The predicted octanol–water partition coefficient (Wildman–Crippen LogP) is 2.72.